The summed E-state index contributed by atoms with van der Waals surface area (Å²) >= 11 is 3.46. The molecule has 0 radical (unpaired) electrons. The van der Waals surface area contributed by atoms with E-state index >= 15 is 0 Å². The number of urea groups is 1. The maximum Gasteiger partial charge on any atom is 0.320 e. The Morgan fingerprint density at radius 2 is 2.04 bits per heavy atom. The average Bonchev–Trinajstić information content (AvgIpc) is 2.88. The topological polar surface area (TPSA) is 71.3 Å². The largest absolute Gasteiger partial charge is 0.336 e. The molecule has 2 aromatic heterocycles. The van der Waals surface area contributed by atoms with Gasteiger partial charge in [0.25, 0.3) is 0 Å². The van der Waals surface area contributed by atoms with Crippen molar-refractivity contribution in [3.8, 4) is 11.3 Å². The number of aryl methyl sites for hydroxylation is 1. The molecular formula is C17H18BrN5O. The van der Waals surface area contributed by atoms with Crippen LogP contribution < -0.4 is 10.6 Å². The number of hydrogen-bond acceptors (Lipinski definition) is 3. The van der Waals surface area contributed by atoms with E-state index in [0.717, 1.165) is 21.3 Å². The van der Waals surface area contributed by atoms with E-state index in [1.54, 1.807) is 10.7 Å². The number of aromatic nitrogens is 3. The van der Waals surface area contributed by atoms with Gasteiger partial charge in [0.2, 0.25) is 0 Å². The number of amides is 2. The Kier molecular flexibility index (Phi) is 4.53. The van der Waals surface area contributed by atoms with Crippen LogP contribution in [0.3, 0.4) is 0 Å². The highest BCUT2D eigenvalue weighted by Crippen LogP contribution is 2.27. The zero-order valence-corrected chi connectivity index (χ0v) is 15.3. The summed E-state index contributed by atoms with van der Waals surface area (Å²) < 4.78 is 2.37. The van der Waals surface area contributed by atoms with Gasteiger partial charge in [-0.1, -0.05) is 24.3 Å². The first-order valence-electron chi connectivity index (χ1n) is 7.63. The molecule has 0 saturated carbocycles. The van der Waals surface area contributed by atoms with Crippen LogP contribution in [0, 0.1) is 6.92 Å². The number of hydrogen-bond donors (Lipinski definition) is 2. The smallest absolute Gasteiger partial charge is 0.320 e. The maximum atomic E-state index is 12.1. The summed E-state index contributed by atoms with van der Waals surface area (Å²) in [5.41, 5.74) is 3.56. The number of anilines is 1. The molecule has 0 aliphatic carbocycles. The third-order valence-corrected chi connectivity index (χ3v) is 4.07. The lowest BCUT2D eigenvalue weighted by molar-refractivity contribution is 0.250. The number of rotatable bonds is 3. The molecule has 0 atom stereocenters. The molecule has 0 saturated heterocycles. The Bertz CT molecular complexity index is 903. The van der Waals surface area contributed by atoms with Crippen LogP contribution in [-0.4, -0.2) is 26.7 Å². The molecule has 1 aromatic carbocycles. The van der Waals surface area contributed by atoms with Crippen molar-refractivity contribution >= 4 is 33.4 Å². The van der Waals surface area contributed by atoms with Crippen LogP contribution in [0.15, 0.2) is 41.0 Å². The number of halogens is 1. The molecule has 24 heavy (non-hydrogen) atoms. The molecule has 2 heterocycles. The minimum absolute atomic E-state index is 0.0440. The molecule has 0 spiro atoms. The Hall–Kier alpha value is -2.41. The molecule has 7 heteroatoms. The summed E-state index contributed by atoms with van der Waals surface area (Å²) in [5, 5.41) is 9.93. The van der Waals surface area contributed by atoms with Gasteiger partial charge in [-0.05, 0) is 42.3 Å². The summed E-state index contributed by atoms with van der Waals surface area (Å²) in [6, 6.07) is 9.60. The van der Waals surface area contributed by atoms with Crippen molar-refractivity contribution in [3.05, 3.63) is 46.6 Å². The molecule has 3 rings (SSSR count). The Morgan fingerprint density at radius 1 is 1.29 bits per heavy atom. The highest BCUT2D eigenvalue weighted by Gasteiger charge is 2.14. The van der Waals surface area contributed by atoms with Gasteiger partial charge in [-0.2, -0.15) is 9.61 Å². The molecule has 0 unspecified atom stereocenters. The summed E-state index contributed by atoms with van der Waals surface area (Å²) in [5.74, 6) is 0.558. The van der Waals surface area contributed by atoms with E-state index in [-0.39, 0.29) is 12.1 Å². The number of benzene rings is 1. The van der Waals surface area contributed by atoms with E-state index in [2.05, 4.69) is 36.6 Å². The van der Waals surface area contributed by atoms with E-state index < -0.39 is 0 Å². The maximum absolute atomic E-state index is 12.1. The van der Waals surface area contributed by atoms with E-state index in [0.29, 0.717) is 11.5 Å². The van der Waals surface area contributed by atoms with Gasteiger partial charge in [-0.25, -0.2) is 9.78 Å². The second kappa shape index (κ2) is 6.60. The molecule has 6 nitrogen and oxygen atoms in total. The van der Waals surface area contributed by atoms with Gasteiger partial charge < -0.3 is 5.32 Å². The lowest BCUT2D eigenvalue weighted by Gasteiger charge is -2.13. The fraction of sp³-hybridized carbons (Fsp3) is 0.235. The van der Waals surface area contributed by atoms with Crippen molar-refractivity contribution in [2.75, 3.05) is 5.32 Å². The molecule has 2 amide bonds. The monoisotopic (exact) mass is 387 g/mol. The molecule has 0 fully saturated rings. The van der Waals surface area contributed by atoms with Gasteiger partial charge in [-0.3, -0.25) is 5.32 Å². The van der Waals surface area contributed by atoms with Crippen molar-refractivity contribution < 1.29 is 4.79 Å². The van der Waals surface area contributed by atoms with Crippen LogP contribution in [0.2, 0.25) is 0 Å². The number of fused-ring (bicyclic) bond motifs is 1. The molecule has 0 aliphatic heterocycles. The number of nitrogens with one attached hydrogen (secondary N) is 2. The van der Waals surface area contributed by atoms with Gasteiger partial charge in [0.05, 0.1) is 16.4 Å². The molecule has 2 N–H and O–H groups in total. The quantitative estimate of drug-likeness (QED) is 0.713. The Labute approximate surface area is 148 Å². The summed E-state index contributed by atoms with van der Waals surface area (Å²) in [7, 11) is 0. The lowest BCUT2D eigenvalue weighted by atomic mass is 10.1. The number of nitrogens with zero attached hydrogens (tertiary/aromatic N) is 3. The van der Waals surface area contributed by atoms with E-state index in [1.165, 1.54) is 0 Å². The third-order valence-electron chi connectivity index (χ3n) is 3.51. The normalized spacial score (nSPS) is 11.0. The van der Waals surface area contributed by atoms with Crippen molar-refractivity contribution in [2.24, 2.45) is 0 Å². The van der Waals surface area contributed by atoms with E-state index in [1.807, 2.05) is 51.1 Å². The van der Waals surface area contributed by atoms with Crippen molar-refractivity contribution in [1.82, 2.24) is 19.9 Å². The average molecular weight is 388 g/mol. The standard InChI is InChI=1S/C17H18BrN5O/c1-10(2)20-17(24)22-15-8-14(12-7-5-4-6-11(12)3)21-16-13(18)9-19-23(15)16/h4-10H,1-3H3,(H2,20,22,24). The van der Waals surface area contributed by atoms with Crippen LogP contribution in [0.4, 0.5) is 10.6 Å². The van der Waals surface area contributed by atoms with Crippen LogP contribution in [0.1, 0.15) is 19.4 Å². The highest BCUT2D eigenvalue weighted by atomic mass is 79.9. The van der Waals surface area contributed by atoms with Crippen LogP contribution in [0.5, 0.6) is 0 Å². The molecule has 0 bridgehead atoms. The van der Waals surface area contributed by atoms with Crippen molar-refractivity contribution in [1.29, 1.82) is 0 Å². The fourth-order valence-corrected chi connectivity index (χ4v) is 2.79. The Morgan fingerprint density at radius 3 is 2.75 bits per heavy atom. The highest BCUT2D eigenvalue weighted by molar-refractivity contribution is 9.10. The van der Waals surface area contributed by atoms with Crippen molar-refractivity contribution in [2.45, 2.75) is 26.8 Å². The van der Waals surface area contributed by atoms with Gasteiger partial charge in [-0.15, -0.1) is 0 Å². The summed E-state index contributed by atoms with van der Waals surface area (Å²) in [6.07, 6.45) is 1.66. The second-order valence-corrected chi connectivity index (χ2v) is 6.68. The first kappa shape index (κ1) is 16.4. The van der Waals surface area contributed by atoms with E-state index in [4.69, 9.17) is 0 Å². The van der Waals surface area contributed by atoms with Gasteiger partial charge in [0, 0.05) is 17.7 Å². The fourth-order valence-electron chi connectivity index (χ4n) is 2.44. The molecule has 3 aromatic rings. The first-order chi connectivity index (χ1) is 11.5. The Balaban J connectivity index is 2.11. The van der Waals surface area contributed by atoms with Gasteiger partial charge in [0.1, 0.15) is 5.82 Å². The minimum atomic E-state index is -0.278. The second-order valence-electron chi connectivity index (χ2n) is 5.82. The van der Waals surface area contributed by atoms with Crippen LogP contribution >= 0.6 is 15.9 Å². The zero-order chi connectivity index (χ0) is 17.3. The molecule has 124 valence electrons. The minimum Gasteiger partial charge on any atom is -0.336 e. The summed E-state index contributed by atoms with van der Waals surface area (Å²) in [4.78, 5) is 16.8. The number of carbonyl (C=O) groups excluding carboxylic acids is 1. The molecular weight excluding hydrogens is 370 g/mol. The van der Waals surface area contributed by atoms with Gasteiger partial charge >= 0.3 is 6.03 Å². The van der Waals surface area contributed by atoms with E-state index in [9.17, 15) is 4.79 Å². The number of carbonyl (C=O) groups is 1. The lowest BCUT2D eigenvalue weighted by Crippen LogP contribution is -2.34. The SMILES string of the molecule is Cc1ccccc1-c1cc(NC(=O)NC(C)C)n2ncc(Br)c2n1. The molecule has 0 aliphatic rings. The van der Waals surface area contributed by atoms with Gasteiger partial charge in [0.15, 0.2) is 5.65 Å². The third kappa shape index (κ3) is 3.26. The van der Waals surface area contributed by atoms with Crippen LogP contribution in [0.25, 0.3) is 16.9 Å². The predicted molar refractivity (Wildman–Crippen MR) is 98.2 cm³/mol. The zero-order valence-electron chi connectivity index (χ0n) is 13.7. The van der Waals surface area contributed by atoms with Crippen LogP contribution in [-0.2, 0) is 0 Å². The summed E-state index contributed by atoms with van der Waals surface area (Å²) in [6.45, 7) is 5.85. The first-order valence-corrected chi connectivity index (χ1v) is 8.43. The predicted octanol–water partition coefficient (Wildman–Crippen LogP) is 4.00. The van der Waals surface area contributed by atoms with Crippen molar-refractivity contribution in [3.63, 3.8) is 0 Å².